The van der Waals surface area contributed by atoms with Crippen molar-refractivity contribution in [2.24, 2.45) is 35.5 Å². The molecule has 4 saturated carbocycles. The molecule has 0 spiro atoms. The van der Waals surface area contributed by atoms with Crippen molar-refractivity contribution >= 4 is 43.4 Å². The lowest BCUT2D eigenvalue weighted by atomic mass is 9.44. The van der Waals surface area contributed by atoms with Gasteiger partial charge in [0.1, 0.15) is 7.28 Å². The Hall–Kier alpha value is 0.610. The quantitative estimate of drug-likeness (QED) is 0.560. The van der Waals surface area contributed by atoms with Crippen LogP contribution in [0.2, 0.25) is 17.8 Å². The van der Waals surface area contributed by atoms with Gasteiger partial charge in [0.15, 0.2) is 0 Å². The molecule has 0 saturated heterocycles. The van der Waals surface area contributed by atoms with E-state index >= 15 is 0 Å². The van der Waals surface area contributed by atoms with Crippen LogP contribution in [0.1, 0.15) is 70.6 Å². The molecule has 0 nitrogen and oxygen atoms in total. The molecular weight excluding hydrogens is 328 g/mol. The van der Waals surface area contributed by atoms with Crippen LogP contribution in [0.4, 0.5) is 0 Å². The number of fused-ring (bicyclic) bond motifs is 5. The molecule has 0 N–H and O–H groups in total. The highest BCUT2D eigenvalue weighted by molar-refractivity contribution is 7.81. The van der Waals surface area contributed by atoms with Crippen LogP contribution in [-0.4, -0.2) is 35.6 Å². The maximum absolute atomic E-state index is 5.54. The largest absolute Gasteiger partial charge is 0.172 e. The molecule has 4 rings (SSSR count). The molecule has 0 bridgehead atoms. The van der Waals surface area contributed by atoms with Crippen LogP contribution in [0.25, 0.3) is 0 Å². The molecular formula is C21H40B4S. The minimum atomic E-state index is 0.389. The number of hydrogen-bond donors (Lipinski definition) is 1. The summed E-state index contributed by atoms with van der Waals surface area (Å²) in [5.41, 5.74) is 1.75. The normalized spacial score (nSPS) is 46.2. The van der Waals surface area contributed by atoms with Crippen LogP contribution in [0, 0.1) is 35.5 Å². The number of hydrogen-bond acceptors (Lipinski definition) is 1. The zero-order valence-electron chi connectivity index (χ0n) is 17.8. The number of thiol groups is 1. The summed E-state index contributed by atoms with van der Waals surface area (Å²) < 4.78 is 0.389. The van der Waals surface area contributed by atoms with E-state index < -0.39 is 0 Å². The van der Waals surface area contributed by atoms with Crippen LogP contribution in [0.15, 0.2) is 0 Å². The van der Waals surface area contributed by atoms with Gasteiger partial charge < -0.3 is 0 Å². The average molecular weight is 368 g/mol. The highest BCUT2D eigenvalue weighted by Gasteiger charge is 2.57. The second kappa shape index (κ2) is 8.16. The third-order valence-corrected chi connectivity index (χ3v) is 10.4. The van der Waals surface area contributed by atoms with E-state index in [1.165, 1.54) is 58.5 Å². The van der Waals surface area contributed by atoms with Gasteiger partial charge in [-0.1, -0.05) is 43.4 Å². The summed E-state index contributed by atoms with van der Waals surface area (Å²) in [5, 5.41) is 0. The monoisotopic (exact) mass is 368 g/mol. The number of rotatable bonds is 5. The van der Waals surface area contributed by atoms with Gasteiger partial charge in [0, 0.05) is 4.75 Å². The first-order chi connectivity index (χ1) is 12.5. The highest BCUT2D eigenvalue weighted by atomic mass is 32.1. The van der Waals surface area contributed by atoms with E-state index in [1.54, 1.807) is 25.7 Å². The van der Waals surface area contributed by atoms with Crippen LogP contribution in [0.5, 0.6) is 0 Å². The van der Waals surface area contributed by atoms with Crippen LogP contribution in [0.3, 0.4) is 0 Å². The van der Waals surface area contributed by atoms with E-state index in [4.69, 9.17) is 12.6 Å². The highest BCUT2D eigenvalue weighted by Crippen LogP contribution is 2.64. The third-order valence-electron chi connectivity index (χ3n) is 9.53. The molecule has 26 heavy (non-hydrogen) atoms. The van der Waals surface area contributed by atoms with Crippen LogP contribution < -0.4 is 0 Å². The molecule has 0 aliphatic heterocycles. The van der Waals surface area contributed by atoms with Crippen molar-refractivity contribution in [2.45, 2.75) is 93.1 Å². The minimum absolute atomic E-state index is 0.389. The van der Waals surface area contributed by atoms with Crippen molar-refractivity contribution in [1.29, 1.82) is 0 Å². The van der Waals surface area contributed by atoms with Crippen molar-refractivity contribution in [3.63, 3.8) is 0 Å². The summed E-state index contributed by atoms with van der Waals surface area (Å²) in [6.07, 6.45) is 18.0. The Morgan fingerprint density at radius 1 is 0.885 bits per heavy atom. The molecule has 4 aliphatic carbocycles. The Morgan fingerprint density at radius 3 is 2.50 bits per heavy atom. The molecule has 4 fully saturated rings. The first kappa shape index (κ1) is 19.9. The van der Waals surface area contributed by atoms with E-state index in [2.05, 4.69) is 23.5 Å². The average Bonchev–Trinajstić information content (AvgIpc) is 2.98. The molecule has 8 atom stereocenters. The maximum Gasteiger partial charge on any atom is 0.116 e. The lowest BCUT2D eigenvalue weighted by Crippen LogP contribution is -2.51. The zero-order chi connectivity index (χ0) is 18.3. The van der Waals surface area contributed by atoms with Crippen LogP contribution >= 0.6 is 12.6 Å². The second-order valence-electron chi connectivity index (χ2n) is 11.2. The van der Waals surface area contributed by atoms with Gasteiger partial charge in [0.2, 0.25) is 0 Å². The van der Waals surface area contributed by atoms with Crippen molar-refractivity contribution in [1.82, 2.24) is 0 Å². The van der Waals surface area contributed by atoms with Crippen molar-refractivity contribution < 1.29 is 0 Å². The van der Waals surface area contributed by atoms with Gasteiger partial charge in [0.05, 0.1) is 23.5 Å². The van der Waals surface area contributed by atoms with Gasteiger partial charge in [-0.15, -0.1) is 0 Å². The fraction of sp³-hybridized carbons (Fsp3) is 1.00. The Morgan fingerprint density at radius 2 is 1.69 bits per heavy atom. The van der Waals surface area contributed by atoms with E-state index in [1.807, 2.05) is 0 Å². The zero-order valence-corrected chi connectivity index (χ0v) is 18.7. The molecule has 0 heterocycles. The Kier molecular flexibility index (Phi) is 6.24. The van der Waals surface area contributed by atoms with Gasteiger partial charge in [-0.05, 0) is 80.5 Å². The summed E-state index contributed by atoms with van der Waals surface area (Å²) in [7, 11) is 8.75. The lowest BCUT2D eigenvalue weighted by Gasteiger charge is -2.56. The molecule has 0 aromatic rings. The summed E-state index contributed by atoms with van der Waals surface area (Å²) in [6, 6.07) is 0. The van der Waals surface area contributed by atoms with Gasteiger partial charge >= 0.3 is 0 Å². The molecule has 0 aromatic heterocycles. The van der Waals surface area contributed by atoms with E-state index in [-0.39, 0.29) is 0 Å². The SMILES string of the molecule is BC(B)CCBC(B)C1CCC2C3CCC4CCCCC4C3CCC12S. The summed E-state index contributed by atoms with van der Waals surface area (Å²) >= 11 is 5.54. The lowest BCUT2D eigenvalue weighted by molar-refractivity contribution is -0.0142. The summed E-state index contributed by atoms with van der Waals surface area (Å²) in [5.74, 6) is 6.16. The van der Waals surface area contributed by atoms with E-state index in [9.17, 15) is 0 Å². The Bertz CT molecular complexity index is 487. The van der Waals surface area contributed by atoms with Crippen molar-refractivity contribution in [3.8, 4) is 0 Å². The Labute approximate surface area is 172 Å². The van der Waals surface area contributed by atoms with Gasteiger partial charge in [-0.25, -0.2) is 0 Å². The standard InChI is InChI=1S/C21H40B4S/c22-19(23)10-12-25-20(24)18-8-7-17-16-6-5-13-3-1-2-4-14(13)15(16)9-11-21(17,18)26/h13-20,25-26H,1-12,22-24H2. The van der Waals surface area contributed by atoms with Gasteiger partial charge in [-0.2, -0.15) is 12.6 Å². The third kappa shape index (κ3) is 3.61. The van der Waals surface area contributed by atoms with Crippen molar-refractivity contribution in [2.75, 3.05) is 0 Å². The minimum Gasteiger partial charge on any atom is -0.172 e. The molecule has 8 unspecified atom stereocenters. The maximum atomic E-state index is 5.54. The predicted molar refractivity (Wildman–Crippen MR) is 129 cm³/mol. The first-order valence-electron chi connectivity index (χ1n) is 12.2. The van der Waals surface area contributed by atoms with Crippen LogP contribution in [-0.2, 0) is 0 Å². The summed E-state index contributed by atoms with van der Waals surface area (Å²) in [6.45, 7) is 0. The summed E-state index contributed by atoms with van der Waals surface area (Å²) in [4.78, 5) is 0. The van der Waals surface area contributed by atoms with E-state index in [0.29, 0.717) is 4.75 Å². The molecule has 5 heteroatoms. The molecule has 0 aromatic carbocycles. The van der Waals surface area contributed by atoms with Crippen molar-refractivity contribution in [3.05, 3.63) is 0 Å². The Balaban J connectivity index is 1.42. The predicted octanol–water partition coefficient (Wildman–Crippen LogP) is 2.94. The molecule has 142 valence electrons. The first-order valence-corrected chi connectivity index (χ1v) is 12.7. The topological polar surface area (TPSA) is 0 Å². The van der Waals surface area contributed by atoms with E-state index in [0.717, 1.165) is 46.9 Å². The molecule has 4 aliphatic rings. The van der Waals surface area contributed by atoms with Gasteiger partial charge in [-0.3, -0.25) is 0 Å². The fourth-order valence-corrected chi connectivity index (χ4v) is 9.17. The second-order valence-corrected chi connectivity index (χ2v) is 12.1. The fourth-order valence-electron chi connectivity index (χ4n) is 8.34. The molecule has 0 amide bonds. The smallest absolute Gasteiger partial charge is 0.116 e. The molecule has 0 radical (unpaired) electrons. The van der Waals surface area contributed by atoms with Gasteiger partial charge in [0.25, 0.3) is 0 Å².